The number of carbonyl (C=O) groups excluding carboxylic acids is 1. The molecule has 1 amide bonds. The van der Waals surface area contributed by atoms with E-state index in [9.17, 15) is 14.7 Å². The van der Waals surface area contributed by atoms with Crippen molar-refractivity contribution in [2.75, 3.05) is 13.2 Å². The van der Waals surface area contributed by atoms with Gasteiger partial charge in [-0.15, -0.1) is 0 Å². The van der Waals surface area contributed by atoms with Crippen molar-refractivity contribution in [2.45, 2.75) is 59.0 Å². The summed E-state index contributed by atoms with van der Waals surface area (Å²) in [6, 6.07) is 0. The molecule has 1 aliphatic rings. The van der Waals surface area contributed by atoms with Crippen LogP contribution in [0.15, 0.2) is 0 Å². The zero-order valence-corrected chi connectivity index (χ0v) is 12.8. The fourth-order valence-electron chi connectivity index (χ4n) is 2.39. The Morgan fingerprint density at radius 3 is 2.45 bits per heavy atom. The fraction of sp³-hybridized carbons (Fsp3) is 0.867. The first-order valence-corrected chi connectivity index (χ1v) is 7.48. The van der Waals surface area contributed by atoms with Gasteiger partial charge in [0.05, 0.1) is 18.1 Å². The number of hydrogen-bond acceptors (Lipinski definition) is 3. The van der Waals surface area contributed by atoms with Crippen molar-refractivity contribution < 1.29 is 19.4 Å². The Bertz CT molecular complexity index is 337. The molecule has 0 bridgehead atoms. The van der Waals surface area contributed by atoms with E-state index in [4.69, 9.17) is 4.74 Å². The number of hydrogen-bond donors (Lipinski definition) is 2. The van der Waals surface area contributed by atoms with Crippen LogP contribution in [-0.4, -0.2) is 36.2 Å². The SMILES string of the molecule is CC(C)C(C)(CC(=O)NCCOC1CCCC1)C(=O)O. The molecule has 0 aromatic carbocycles. The second-order valence-corrected chi connectivity index (χ2v) is 6.18. The van der Waals surface area contributed by atoms with Gasteiger partial charge in [0.15, 0.2) is 0 Å². The van der Waals surface area contributed by atoms with Crippen LogP contribution in [0.2, 0.25) is 0 Å². The molecule has 1 saturated carbocycles. The Hall–Kier alpha value is -1.10. The summed E-state index contributed by atoms with van der Waals surface area (Å²) in [7, 11) is 0. The lowest BCUT2D eigenvalue weighted by Crippen LogP contribution is -2.40. The van der Waals surface area contributed by atoms with Crippen LogP contribution < -0.4 is 5.32 Å². The third kappa shape index (κ3) is 4.78. The van der Waals surface area contributed by atoms with E-state index in [-0.39, 0.29) is 18.2 Å². The first-order chi connectivity index (χ1) is 9.36. The molecule has 0 spiro atoms. The summed E-state index contributed by atoms with van der Waals surface area (Å²) in [5.41, 5.74) is -1.02. The largest absolute Gasteiger partial charge is 0.481 e. The lowest BCUT2D eigenvalue weighted by Gasteiger charge is -2.28. The van der Waals surface area contributed by atoms with Gasteiger partial charge in [0, 0.05) is 13.0 Å². The lowest BCUT2D eigenvalue weighted by molar-refractivity contribution is -0.153. The maximum absolute atomic E-state index is 11.8. The maximum Gasteiger partial charge on any atom is 0.310 e. The van der Waals surface area contributed by atoms with Crippen molar-refractivity contribution >= 4 is 11.9 Å². The van der Waals surface area contributed by atoms with E-state index in [1.807, 2.05) is 13.8 Å². The topological polar surface area (TPSA) is 75.6 Å². The highest BCUT2D eigenvalue weighted by atomic mass is 16.5. The Kier molecular flexibility index (Phi) is 6.46. The van der Waals surface area contributed by atoms with Crippen LogP contribution in [0.5, 0.6) is 0 Å². The van der Waals surface area contributed by atoms with Crippen LogP contribution in [0.1, 0.15) is 52.9 Å². The third-order valence-electron chi connectivity index (χ3n) is 4.37. The number of amides is 1. The van der Waals surface area contributed by atoms with Gasteiger partial charge in [0.1, 0.15) is 0 Å². The summed E-state index contributed by atoms with van der Waals surface area (Å²) in [5.74, 6) is -1.25. The fourth-order valence-corrected chi connectivity index (χ4v) is 2.39. The molecule has 5 heteroatoms. The molecule has 0 heterocycles. The molecule has 1 rings (SSSR count). The molecule has 1 aliphatic carbocycles. The van der Waals surface area contributed by atoms with Crippen LogP contribution >= 0.6 is 0 Å². The monoisotopic (exact) mass is 285 g/mol. The Morgan fingerprint density at radius 2 is 1.95 bits per heavy atom. The van der Waals surface area contributed by atoms with Crippen LogP contribution in [0.4, 0.5) is 0 Å². The summed E-state index contributed by atoms with van der Waals surface area (Å²) < 4.78 is 5.65. The molecule has 20 heavy (non-hydrogen) atoms. The van der Waals surface area contributed by atoms with Crippen LogP contribution in [-0.2, 0) is 14.3 Å². The normalized spacial score (nSPS) is 19.0. The predicted octanol–water partition coefficient (Wildman–Crippen LogP) is 2.20. The number of carboxylic acids is 1. The first kappa shape index (κ1) is 17.0. The van der Waals surface area contributed by atoms with Gasteiger partial charge in [-0.3, -0.25) is 9.59 Å². The molecule has 0 aromatic rings. The van der Waals surface area contributed by atoms with Crippen LogP contribution in [0, 0.1) is 11.3 Å². The van der Waals surface area contributed by atoms with E-state index in [2.05, 4.69) is 5.32 Å². The minimum absolute atomic E-state index is 0.00340. The molecule has 1 unspecified atom stereocenters. The van der Waals surface area contributed by atoms with E-state index in [1.165, 1.54) is 12.8 Å². The van der Waals surface area contributed by atoms with E-state index < -0.39 is 11.4 Å². The van der Waals surface area contributed by atoms with Crippen molar-refractivity contribution in [1.82, 2.24) is 5.32 Å². The number of carbonyl (C=O) groups is 2. The number of aliphatic carboxylic acids is 1. The highest BCUT2D eigenvalue weighted by molar-refractivity contribution is 5.84. The van der Waals surface area contributed by atoms with Gasteiger partial charge in [0.25, 0.3) is 0 Å². The zero-order chi connectivity index (χ0) is 15.2. The molecule has 2 N–H and O–H groups in total. The minimum Gasteiger partial charge on any atom is -0.481 e. The van der Waals surface area contributed by atoms with Crippen molar-refractivity contribution in [3.05, 3.63) is 0 Å². The quantitative estimate of drug-likeness (QED) is 0.670. The van der Waals surface area contributed by atoms with Crippen molar-refractivity contribution in [2.24, 2.45) is 11.3 Å². The summed E-state index contributed by atoms with van der Waals surface area (Å²) in [6.45, 7) is 6.22. The summed E-state index contributed by atoms with van der Waals surface area (Å²) in [5, 5.41) is 12.0. The molecule has 0 saturated heterocycles. The van der Waals surface area contributed by atoms with E-state index in [0.29, 0.717) is 19.3 Å². The third-order valence-corrected chi connectivity index (χ3v) is 4.37. The van der Waals surface area contributed by atoms with Crippen LogP contribution in [0.25, 0.3) is 0 Å². The predicted molar refractivity (Wildman–Crippen MR) is 76.4 cm³/mol. The van der Waals surface area contributed by atoms with Gasteiger partial charge in [0.2, 0.25) is 5.91 Å². The minimum atomic E-state index is -1.02. The zero-order valence-electron chi connectivity index (χ0n) is 12.8. The Labute approximate surface area is 121 Å². The first-order valence-electron chi connectivity index (χ1n) is 7.48. The molecular weight excluding hydrogens is 258 g/mol. The van der Waals surface area contributed by atoms with Gasteiger partial charge >= 0.3 is 5.97 Å². The van der Waals surface area contributed by atoms with Crippen molar-refractivity contribution in [1.29, 1.82) is 0 Å². The second-order valence-electron chi connectivity index (χ2n) is 6.18. The highest BCUT2D eigenvalue weighted by Crippen LogP contribution is 2.31. The van der Waals surface area contributed by atoms with E-state index in [1.54, 1.807) is 6.92 Å². The van der Waals surface area contributed by atoms with Gasteiger partial charge in [-0.2, -0.15) is 0 Å². The van der Waals surface area contributed by atoms with E-state index >= 15 is 0 Å². The summed E-state index contributed by atoms with van der Waals surface area (Å²) >= 11 is 0. The maximum atomic E-state index is 11.8. The summed E-state index contributed by atoms with van der Waals surface area (Å²) in [4.78, 5) is 23.1. The smallest absolute Gasteiger partial charge is 0.310 e. The molecule has 0 aromatic heterocycles. The molecule has 1 atom stereocenters. The second kappa shape index (κ2) is 7.62. The number of ether oxygens (including phenoxy) is 1. The standard InChI is InChI=1S/C15H27NO4/c1-11(2)15(3,14(18)19)10-13(17)16-8-9-20-12-6-4-5-7-12/h11-12H,4-10H2,1-3H3,(H,16,17)(H,18,19). The Morgan fingerprint density at radius 1 is 1.35 bits per heavy atom. The van der Waals surface area contributed by atoms with Gasteiger partial charge < -0.3 is 15.2 Å². The van der Waals surface area contributed by atoms with Crippen LogP contribution in [0.3, 0.4) is 0 Å². The van der Waals surface area contributed by atoms with Crippen molar-refractivity contribution in [3.63, 3.8) is 0 Å². The number of carboxylic acid groups (broad SMARTS) is 1. The number of rotatable bonds is 8. The number of nitrogens with one attached hydrogen (secondary N) is 1. The van der Waals surface area contributed by atoms with Gasteiger partial charge in [-0.25, -0.2) is 0 Å². The average Bonchev–Trinajstić information content (AvgIpc) is 2.87. The molecule has 0 radical (unpaired) electrons. The lowest BCUT2D eigenvalue weighted by atomic mass is 9.76. The summed E-state index contributed by atoms with van der Waals surface area (Å²) in [6.07, 6.45) is 5.01. The van der Waals surface area contributed by atoms with Gasteiger partial charge in [-0.05, 0) is 25.7 Å². The molecule has 116 valence electrons. The Balaban J connectivity index is 2.26. The van der Waals surface area contributed by atoms with Gasteiger partial charge in [-0.1, -0.05) is 26.7 Å². The van der Waals surface area contributed by atoms with E-state index in [0.717, 1.165) is 12.8 Å². The highest BCUT2D eigenvalue weighted by Gasteiger charge is 2.38. The molecule has 0 aliphatic heterocycles. The molecule has 5 nitrogen and oxygen atoms in total. The average molecular weight is 285 g/mol. The molecular formula is C15H27NO4. The van der Waals surface area contributed by atoms with Crippen molar-refractivity contribution in [3.8, 4) is 0 Å². The molecule has 1 fully saturated rings.